The molecular formula is C19H40OSi. The Morgan fingerprint density at radius 1 is 1.14 bits per heavy atom. The van der Waals surface area contributed by atoms with E-state index >= 15 is 0 Å². The quantitative estimate of drug-likeness (QED) is 0.353. The standard InChI is InChI=1S/C19H40OSi/c1-11-12-13-17(14-15(2)3)18(16(4)5)20-21(9,10)19(6,7)8/h14,16-18H,11-13H2,1-10H3/t17-,18+/m1/s1. The van der Waals surface area contributed by atoms with E-state index in [1.165, 1.54) is 24.8 Å². The van der Waals surface area contributed by atoms with E-state index in [1.54, 1.807) is 0 Å². The Hall–Kier alpha value is -0.0831. The van der Waals surface area contributed by atoms with Crippen LogP contribution in [0, 0.1) is 11.8 Å². The first-order valence-corrected chi connectivity index (χ1v) is 11.7. The maximum Gasteiger partial charge on any atom is 0.192 e. The van der Waals surface area contributed by atoms with E-state index in [2.05, 4.69) is 74.6 Å². The average Bonchev–Trinajstić information content (AvgIpc) is 2.29. The Kier molecular flexibility index (Phi) is 8.49. The molecule has 0 aromatic carbocycles. The van der Waals surface area contributed by atoms with Crippen LogP contribution < -0.4 is 0 Å². The lowest BCUT2D eigenvalue weighted by Gasteiger charge is -2.42. The molecule has 2 heteroatoms. The molecule has 0 unspecified atom stereocenters. The lowest BCUT2D eigenvalue weighted by Crippen LogP contribution is -2.47. The molecule has 0 saturated heterocycles. The molecule has 0 heterocycles. The Labute approximate surface area is 135 Å². The van der Waals surface area contributed by atoms with Crippen molar-refractivity contribution in [1.29, 1.82) is 0 Å². The Morgan fingerprint density at radius 2 is 1.67 bits per heavy atom. The molecule has 1 nitrogen and oxygen atoms in total. The zero-order valence-corrected chi connectivity index (χ0v) is 17.3. The van der Waals surface area contributed by atoms with Gasteiger partial charge in [-0.2, -0.15) is 0 Å². The molecule has 21 heavy (non-hydrogen) atoms. The first-order chi connectivity index (χ1) is 9.42. The molecule has 0 bridgehead atoms. The maximum absolute atomic E-state index is 6.82. The minimum atomic E-state index is -1.71. The highest BCUT2D eigenvalue weighted by atomic mass is 28.4. The van der Waals surface area contributed by atoms with E-state index in [1.807, 2.05) is 0 Å². The molecule has 0 amide bonds. The molecule has 0 fully saturated rings. The fraction of sp³-hybridized carbons (Fsp3) is 0.895. The molecule has 0 aromatic heterocycles. The number of hydrogen-bond acceptors (Lipinski definition) is 1. The van der Waals surface area contributed by atoms with E-state index in [9.17, 15) is 0 Å². The maximum atomic E-state index is 6.82. The van der Waals surface area contributed by atoms with E-state index in [0.29, 0.717) is 17.9 Å². The first kappa shape index (κ1) is 20.9. The van der Waals surface area contributed by atoms with Gasteiger partial charge in [-0.3, -0.25) is 0 Å². The monoisotopic (exact) mass is 312 g/mol. The third-order valence-corrected chi connectivity index (χ3v) is 9.23. The smallest absolute Gasteiger partial charge is 0.192 e. The van der Waals surface area contributed by atoms with Crippen LogP contribution in [0.3, 0.4) is 0 Å². The van der Waals surface area contributed by atoms with Gasteiger partial charge in [0, 0.05) is 5.92 Å². The fourth-order valence-corrected chi connectivity index (χ4v) is 3.93. The summed E-state index contributed by atoms with van der Waals surface area (Å²) < 4.78 is 6.82. The van der Waals surface area contributed by atoms with Crippen molar-refractivity contribution in [2.24, 2.45) is 11.8 Å². The van der Waals surface area contributed by atoms with Gasteiger partial charge in [0.2, 0.25) is 0 Å². The summed E-state index contributed by atoms with van der Waals surface area (Å²) >= 11 is 0. The highest BCUT2D eigenvalue weighted by Gasteiger charge is 2.41. The zero-order chi connectivity index (χ0) is 16.8. The van der Waals surface area contributed by atoms with Gasteiger partial charge in [-0.15, -0.1) is 0 Å². The molecule has 0 aromatic rings. The van der Waals surface area contributed by atoms with Gasteiger partial charge < -0.3 is 4.43 Å². The predicted octanol–water partition coefficient (Wildman–Crippen LogP) is 6.81. The second kappa shape index (κ2) is 8.52. The van der Waals surface area contributed by atoms with Crippen LogP contribution in [0.1, 0.15) is 74.7 Å². The molecule has 0 rings (SSSR count). The average molecular weight is 313 g/mol. The topological polar surface area (TPSA) is 9.23 Å². The third kappa shape index (κ3) is 7.14. The van der Waals surface area contributed by atoms with Crippen LogP contribution in [0.2, 0.25) is 18.1 Å². The number of hydrogen-bond donors (Lipinski definition) is 0. The predicted molar refractivity (Wildman–Crippen MR) is 99.4 cm³/mol. The van der Waals surface area contributed by atoms with E-state index in [0.717, 1.165) is 0 Å². The molecule has 2 atom stereocenters. The Morgan fingerprint density at radius 3 is 2.00 bits per heavy atom. The number of rotatable bonds is 8. The summed E-state index contributed by atoms with van der Waals surface area (Å²) in [6.07, 6.45) is 6.61. The summed E-state index contributed by atoms with van der Waals surface area (Å²) in [5, 5.41) is 0.278. The third-order valence-electron chi connectivity index (χ3n) is 4.75. The minimum absolute atomic E-state index is 0.278. The molecule has 0 spiro atoms. The zero-order valence-electron chi connectivity index (χ0n) is 16.3. The molecule has 0 aliphatic heterocycles. The summed E-state index contributed by atoms with van der Waals surface area (Å²) in [7, 11) is -1.71. The lowest BCUT2D eigenvalue weighted by atomic mass is 9.88. The van der Waals surface area contributed by atoms with Crippen LogP contribution in [0.5, 0.6) is 0 Å². The van der Waals surface area contributed by atoms with Crippen molar-refractivity contribution >= 4 is 8.32 Å². The van der Waals surface area contributed by atoms with E-state index < -0.39 is 8.32 Å². The lowest BCUT2D eigenvalue weighted by molar-refractivity contribution is 0.0888. The molecule has 0 saturated carbocycles. The van der Waals surface area contributed by atoms with Crippen LogP contribution in [-0.4, -0.2) is 14.4 Å². The summed E-state index contributed by atoms with van der Waals surface area (Å²) in [6.45, 7) is 23.1. The van der Waals surface area contributed by atoms with Gasteiger partial charge in [-0.1, -0.05) is 66.0 Å². The van der Waals surface area contributed by atoms with E-state index in [4.69, 9.17) is 4.43 Å². The molecule has 0 aliphatic rings. The van der Waals surface area contributed by atoms with Crippen molar-refractivity contribution in [3.05, 3.63) is 11.6 Å². The summed E-state index contributed by atoms with van der Waals surface area (Å²) in [6, 6.07) is 0. The van der Waals surface area contributed by atoms with Gasteiger partial charge >= 0.3 is 0 Å². The first-order valence-electron chi connectivity index (χ1n) is 8.75. The van der Waals surface area contributed by atoms with Crippen LogP contribution in [0.4, 0.5) is 0 Å². The molecule has 0 radical (unpaired) electrons. The van der Waals surface area contributed by atoms with Crippen molar-refractivity contribution in [3.63, 3.8) is 0 Å². The molecule has 0 N–H and O–H groups in total. The SMILES string of the molecule is CCCC[C@H](C=C(C)C)[C@@H](O[Si](C)(C)C(C)(C)C)C(C)C. The van der Waals surface area contributed by atoms with Crippen molar-refractivity contribution in [1.82, 2.24) is 0 Å². The normalized spacial score (nSPS) is 16.0. The van der Waals surface area contributed by atoms with Gasteiger partial charge in [0.15, 0.2) is 8.32 Å². The van der Waals surface area contributed by atoms with Crippen LogP contribution in [0.25, 0.3) is 0 Å². The second-order valence-corrected chi connectivity index (χ2v) is 13.4. The number of unbranched alkanes of at least 4 members (excludes halogenated alkanes) is 1. The van der Waals surface area contributed by atoms with Crippen molar-refractivity contribution in [2.75, 3.05) is 0 Å². The summed E-state index contributed by atoms with van der Waals surface area (Å²) in [4.78, 5) is 0. The van der Waals surface area contributed by atoms with E-state index in [-0.39, 0.29) is 5.04 Å². The highest BCUT2D eigenvalue weighted by molar-refractivity contribution is 6.74. The molecule has 126 valence electrons. The fourth-order valence-electron chi connectivity index (χ4n) is 2.45. The highest BCUT2D eigenvalue weighted by Crippen LogP contribution is 2.40. The number of allylic oxidation sites excluding steroid dienone is 1. The van der Waals surface area contributed by atoms with Crippen molar-refractivity contribution in [2.45, 2.75) is 98.9 Å². The minimum Gasteiger partial charge on any atom is -0.413 e. The van der Waals surface area contributed by atoms with Crippen LogP contribution in [-0.2, 0) is 4.43 Å². The van der Waals surface area contributed by atoms with Gasteiger partial charge in [-0.25, -0.2) is 0 Å². The van der Waals surface area contributed by atoms with Gasteiger partial charge in [0.25, 0.3) is 0 Å². The second-order valence-electron chi connectivity index (χ2n) is 8.64. The van der Waals surface area contributed by atoms with Gasteiger partial charge in [0.1, 0.15) is 0 Å². The Bertz CT molecular complexity index is 319. The largest absolute Gasteiger partial charge is 0.413 e. The summed E-state index contributed by atoms with van der Waals surface area (Å²) in [5.41, 5.74) is 1.42. The van der Waals surface area contributed by atoms with Gasteiger partial charge in [-0.05, 0) is 44.3 Å². The van der Waals surface area contributed by atoms with Crippen molar-refractivity contribution < 1.29 is 4.43 Å². The van der Waals surface area contributed by atoms with Crippen molar-refractivity contribution in [3.8, 4) is 0 Å². The van der Waals surface area contributed by atoms with Gasteiger partial charge in [0.05, 0.1) is 6.10 Å². The Balaban J connectivity index is 5.28. The summed E-state index contributed by atoms with van der Waals surface area (Å²) in [5.74, 6) is 1.13. The molecule has 0 aliphatic carbocycles. The molecular weight excluding hydrogens is 272 g/mol. The van der Waals surface area contributed by atoms with Crippen LogP contribution in [0.15, 0.2) is 11.6 Å². The van der Waals surface area contributed by atoms with Crippen LogP contribution >= 0.6 is 0 Å².